The molecule has 0 aliphatic heterocycles. The van der Waals surface area contributed by atoms with Crippen LogP contribution in [-0.4, -0.2) is 41.8 Å². The summed E-state index contributed by atoms with van der Waals surface area (Å²) in [6.45, 7) is 3.62. The van der Waals surface area contributed by atoms with E-state index in [1.165, 1.54) is 20.4 Å². The molecule has 10 heteroatoms. The van der Waals surface area contributed by atoms with Crippen molar-refractivity contribution in [3.05, 3.63) is 33.4 Å². The maximum atomic E-state index is 12.5. The van der Waals surface area contributed by atoms with Crippen LogP contribution < -0.4 is 5.32 Å². The molecule has 0 bridgehead atoms. The molecule has 26 heavy (non-hydrogen) atoms. The summed E-state index contributed by atoms with van der Waals surface area (Å²) in [6.07, 6.45) is 3.09. The van der Waals surface area contributed by atoms with Gasteiger partial charge in [-0.2, -0.15) is 5.10 Å². The first-order valence-electron chi connectivity index (χ1n) is 7.57. The first-order valence-corrected chi connectivity index (χ1v) is 8.76. The van der Waals surface area contributed by atoms with Gasteiger partial charge in [-0.05, 0) is 12.5 Å². The Hall–Kier alpha value is -2.39. The monoisotopic (exact) mass is 399 g/mol. The number of rotatable bonds is 6. The molecule has 1 atom stereocenters. The molecule has 140 valence electrons. The minimum absolute atomic E-state index is 0.139. The Morgan fingerprint density at radius 3 is 2.50 bits per heavy atom. The van der Waals surface area contributed by atoms with Crippen molar-refractivity contribution in [2.45, 2.75) is 20.4 Å². The number of anilines is 1. The van der Waals surface area contributed by atoms with Gasteiger partial charge in [0.05, 0.1) is 43.5 Å². The first-order chi connectivity index (χ1) is 12.3. The van der Waals surface area contributed by atoms with E-state index in [-0.39, 0.29) is 21.3 Å². The van der Waals surface area contributed by atoms with E-state index in [2.05, 4.69) is 10.4 Å². The van der Waals surface area contributed by atoms with Gasteiger partial charge in [0.25, 0.3) is 0 Å². The van der Waals surface area contributed by atoms with Crippen molar-refractivity contribution in [1.82, 2.24) is 9.78 Å². The molecule has 2 rings (SSSR count). The maximum absolute atomic E-state index is 12.5. The third kappa shape index (κ3) is 4.23. The molecule has 2 aromatic heterocycles. The fourth-order valence-corrected chi connectivity index (χ4v) is 3.55. The Morgan fingerprint density at radius 1 is 1.31 bits per heavy atom. The zero-order valence-electron chi connectivity index (χ0n) is 14.7. The topological polar surface area (TPSA) is 99.5 Å². The molecule has 8 nitrogen and oxygen atoms in total. The van der Waals surface area contributed by atoms with Crippen LogP contribution in [0.5, 0.6) is 0 Å². The average Bonchev–Trinajstić information content (AvgIpc) is 3.16. The van der Waals surface area contributed by atoms with E-state index in [9.17, 15) is 14.4 Å². The second kappa shape index (κ2) is 8.33. The van der Waals surface area contributed by atoms with E-state index in [0.717, 1.165) is 11.3 Å². The molecule has 1 amide bonds. The van der Waals surface area contributed by atoms with Crippen LogP contribution in [0, 0.1) is 12.8 Å². The highest BCUT2D eigenvalue weighted by molar-refractivity contribution is 7.18. The molecule has 0 aliphatic carbocycles. The Kier molecular flexibility index (Phi) is 6.38. The lowest BCUT2D eigenvalue weighted by atomic mass is 10.1. The quantitative estimate of drug-likeness (QED) is 0.750. The van der Waals surface area contributed by atoms with E-state index < -0.39 is 17.9 Å². The van der Waals surface area contributed by atoms with Crippen molar-refractivity contribution < 1.29 is 23.9 Å². The van der Waals surface area contributed by atoms with Gasteiger partial charge in [-0.25, -0.2) is 9.59 Å². The molecule has 1 N–H and O–H groups in total. The van der Waals surface area contributed by atoms with Crippen LogP contribution in [0.15, 0.2) is 12.4 Å². The minimum atomic E-state index is -0.643. The van der Waals surface area contributed by atoms with Gasteiger partial charge >= 0.3 is 11.9 Å². The van der Waals surface area contributed by atoms with Gasteiger partial charge in [-0.1, -0.05) is 18.5 Å². The Morgan fingerprint density at radius 2 is 1.96 bits per heavy atom. The number of thiophene rings is 1. The van der Waals surface area contributed by atoms with Gasteiger partial charge in [-0.3, -0.25) is 9.48 Å². The van der Waals surface area contributed by atoms with Gasteiger partial charge in [-0.15, -0.1) is 11.3 Å². The van der Waals surface area contributed by atoms with Crippen molar-refractivity contribution in [1.29, 1.82) is 0 Å². The van der Waals surface area contributed by atoms with Crippen LogP contribution in [0.3, 0.4) is 0 Å². The van der Waals surface area contributed by atoms with Crippen LogP contribution in [-0.2, 0) is 20.8 Å². The molecule has 0 aromatic carbocycles. The molecule has 0 saturated heterocycles. The summed E-state index contributed by atoms with van der Waals surface area (Å²) in [5.74, 6) is -2.02. The number of carbonyl (C=O) groups is 3. The molecule has 0 fully saturated rings. The van der Waals surface area contributed by atoms with E-state index in [4.69, 9.17) is 21.1 Å². The van der Waals surface area contributed by atoms with Gasteiger partial charge in [0.1, 0.15) is 9.88 Å². The second-order valence-electron chi connectivity index (χ2n) is 5.51. The van der Waals surface area contributed by atoms with E-state index in [1.54, 1.807) is 24.7 Å². The Labute approximate surface area is 159 Å². The fraction of sp³-hybridized carbons (Fsp3) is 0.375. The highest BCUT2D eigenvalue weighted by Crippen LogP contribution is 2.34. The number of halogens is 1. The molecule has 0 spiro atoms. The van der Waals surface area contributed by atoms with Crippen LogP contribution in [0.2, 0.25) is 5.02 Å². The van der Waals surface area contributed by atoms with Crippen molar-refractivity contribution in [2.24, 2.45) is 5.92 Å². The second-order valence-corrected chi connectivity index (χ2v) is 6.97. The summed E-state index contributed by atoms with van der Waals surface area (Å²) in [5.41, 5.74) is 0.538. The number of ether oxygens (including phenoxy) is 2. The molecule has 0 aliphatic rings. The fourth-order valence-electron chi connectivity index (χ4n) is 2.27. The van der Waals surface area contributed by atoms with E-state index in [0.29, 0.717) is 17.1 Å². The predicted molar refractivity (Wildman–Crippen MR) is 96.8 cm³/mol. The molecular formula is C16H18ClN3O5S. The number of hydrogen-bond donors (Lipinski definition) is 1. The highest BCUT2D eigenvalue weighted by atomic mass is 35.5. The lowest BCUT2D eigenvalue weighted by Gasteiger charge is -2.12. The minimum Gasteiger partial charge on any atom is -0.465 e. The average molecular weight is 400 g/mol. The highest BCUT2D eigenvalue weighted by Gasteiger charge is 2.27. The molecule has 2 aromatic rings. The standard InChI is InChI=1S/C16H18ClN3O5S/c1-8(6-20-7-10(17)5-18-20)13(21)19-14-11(15(22)24-3)9(2)12(26-14)16(23)25-4/h5,7-8H,6H2,1-4H3,(H,19,21). The predicted octanol–water partition coefficient (Wildman–Crippen LogP) is 2.75. The zero-order chi connectivity index (χ0) is 19.4. The molecule has 2 heterocycles. The number of carbonyl (C=O) groups excluding carboxylic acids is 3. The lowest BCUT2D eigenvalue weighted by Crippen LogP contribution is -2.25. The summed E-state index contributed by atoms with van der Waals surface area (Å²) in [5, 5.41) is 7.43. The van der Waals surface area contributed by atoms with Crippen LogP contribution in [0.1, 0.15) is 32.5 Å². The SMILES string of the molecule is COC(=O)c1sc(NC(=O)C(C)Cn2cc(Cl)cn2)c(C(=O)OC)c1C. The Bertz CT molecular complexity index is 845. The molecular weight excluding hydrogens is 382 g/mol. The van der Waals surface area contributed by atoms with E-state index in [1.807, 2.05) is 0 Å². The largest absolute Gasteiger partial charge is 0.465 e. The van der Waals surface area contributed by atoms with Gasteiger partial charge in [0.2, 0.25) is 5.91 Å². The number of amides is 1. The van der Waals surface area contributed by atoms with E-state index >= 15 is 0 Å². The maximum Gasteiger partial charge on any atom is 0.348 e. The summed E-state index contributed by atoms with van der Waals surface area (Å²) in [7, 11) is 2.47. The third-order valence-electron chi connectivity index (χ3n) is 3.65. The number of hydrogen-bond acceptors (Lipinski definition) is 7. The smallest absolute Gasteiger partial charge is 0.348 e. The lowest BCUT2D eigenvalue weighted by molar-refractivity contribution is -0.119. The molecule has 0 saturated carbocycles. The summed E-state index contributed by atoms with van der Waals surface area (Å²) in [4.78, 5) is 36.7. The van der Waals surface area contributed by atoms with Crippen molar-refractivity contribution in [3.8, 4) is 0 Å². The number of nitrogens with one attached hydrogen (secondary N) is 1. The molecule has 0 radical (unpaired) electrons. The first kappa shape index (κ1) is 19.9. The number of methoxy groups -OCH3 is 2. The summed E-state index contributed by atoms with van der Waals surface area (Å²) >= 11 is 6.78. The Balaban J connectivity index is 2.25. The van der Waals surface area contributed by atoms with Crippen LogP contribution >= 0.6 is 22.9 Å². The van der Waals surface area contributed by atoms with Gasteiger partial charge in [0, 0.05) is 6.20 Å². The van der Waals surface area contributed by atoms with Gasteiger partial charge < -0.3 is 14.8 Å². The van der Waals surface area contributed by atoms with Crippen molar-refractivity contribution in [2.75, 3.05) is 19.5 Å². The summed E-state index contributed by atoms with van der Waals surface area (Å²) < 4.78 is 11.0. The molecule has 1 unspecified atom stereocenters. The van der Waals surface area contributed by atoms with Crippen LogP contribution in [0.4, 0.5) is 5.00 Å². The number of nitrogens with zero attached hydrogens (tertiary/aromatic N) is 2. The zero-order valence-corrected chi connectivity index (χ0v) is 16.2. The van der Waals surface area contributed by atoms with Crippen molar-refractivity contribution in [3.63, 3.8) is 0 Å². The summed E-state index contributed by atoms with van der Waals surface area (Å²) in [6, 6.07) is 0. The normalized spacial score (nSPS) is 11.7. The van der Waals surface area contributed by atoms with Crippen molar-refractivity contribution >= 4 is 45.8 Å². The number of esters is 2. The van der Waals surface area contributed by atoms with Crippen LogP contribution in [0.25, 0.3) is 0 Å². The number of aromatic nitrogens is 2. The van der Waals surface area contributed by atoms with Gasteiger partial charge in [0.15, 0.2) is 0 Å². The third-order valence-corrected chi connectivity index (χ3v) is 5.04.